The van der Waals surface area contributed by atoms with E-state index in [4.69, 9.17) is 9.47 Å². The number of fused-ring (bicyclic) bond motifs is 1. The van der Waals surface area contributed by atoms with Crippen molar-refractivity contribution >= 4 is 11.5 Å². The number of ketones is 1. The first-order valence-corrected chi connectivity index (χ1v) is 7.07. The maximum absolute atomic E-state index is 12.7. The molecule has 0 aliphatic carbocycles. The molecule has 21 heavy (non-hydrogen) atoms. The molecule has 0 aromatic heterocycles. The summed E-state index contributed by atoms with van der Waals surface area (Å²) in [5.41, 5.74) is 2.05. The van der Waals surface area contributed by atoms with Crippen molar-refractivity contribution in [2.24, 2.45) is 0 Å². The van der Waals surface area contributed by atoms with Gasteiger partial charge in [0.1, 0.15) is 12.4 Å². The van der Waals surface area contributed by atoms with Crippen molar-refractivity contribution in [3.8, 4) is 11.5 Å². The number of nitrogens with one attached hydrogen (secondary N) is 1. The van der Waals surface area contributed by atoms with Crippen LogP contribution in [-0.2, 0) is 0 Å². The van der Waals surface area contributed by atoms with Gasteiger partial charge in [-0.1, -0.05) is 18.2 Å². The molecule has 0 atom stereocenters. The predicted octanol–water partition coefficient (Wildman–Crippen LogP) is 3.12. The van der Waals surface area contributed by atoms with Crippen LogP contribution in [0.1, 0.15) is 22.8 Å². The van der Waals surface area contributed by atoms with Crippen molar-refractivity contribution < 1.29 is 14.3 Å². The molecule has 0 amide bonds. The van der Waals surface area contributed by atoms with Gasteiger partial charge in [0.05, 0.1) is 17.9 Å². The van der Waals surface area contributed by atoms with E-state index in [9.17, 15) is 4.79 Å². The molecule has 4 heteroatoms. The van der Waals surface area contributed by atoms with E-state index in [2.05, 4.69) is 5.32 Å². The summed E-state index contributed by atoms with van der Waals surface area (Å²) < 4.78 is 11.1. The van der Waals surface area contributed by atoms with Crippen LogP contribution in [0, 0.1) is 0 Å². The summed E-state index contributed by atoms with van der Waals surface area (Å²) >= 11 is 0. The summed E-state index contributed by atoms with van der Waals surface area (Å²) in [6, 6.07) is 12.8. The fraction of sp³-hybridized carbons (Fsp3) is 0.235. The number of para-hydroxylation sites is 1. The first-order chi connectivity index (χ1) is 10.3. The van der Waals surface area contributed by atoms with Gasteiger partial charge in [-0.2, -0.15) is 0 Å². The minimum absolute atomic E-state index is 0.0582. The van der Waals surface area contributed by atoms with Gasteiger partial charge in [-0.3, -0.25) is 4.79 Å². The molecule has 2 aromatic carbocycles. The number of rotatable bonds is 4. The molecule has 0 saturated heterocycles. The first-order valence-electron chi connectivity index (χ1n) is 7.07. The monoisotopic (exact) mass is 283 g/mol. The Balaban J connectivity index is 1.97. The number of benzene rings is 2. The molecule has 0 saturated carbocycles. The summed E-state index contributed by atoms with van der Waals surface area (Å²) in [5, 5.41) is 3.24. The van der Waals surface area contributed by atoms with Crippen molar-refractivity contribution in [1.29, 1.82) is 0 Å². The predicted molar refractivity (Wildman–Crippen MR) is 81.5 cm³/mol. The molecule has 0 spiro atoms. The normalized spacial score (nSPS) is 12.8. The molecule has 0 bridgehead atoms. The Labute approximate surface area is 123 Å². The van der Waals surface area contributed by atoms with Crippen LogP contribution in [0.25, 0.3) is 0 Å². The Hall–Kier alpha value is -2.49. The van der Waals surface area contributed by atoms with E-state index >= 15 is 0 Å². The van der Waals surface area contributed by atoms with Gasteiger partial charge in [-0.25, -0.2) is 0 Å². The minimum atomic E-state index is -0.0582. The van der Waals surface area contributed by atoms with E-state index in [1.54, 1.807) is 18.2 Å². The molecule has 1 aliphatic rings. The van der Waals surface area contributed by atoms with Gasteiger partial charge in [-0.15, -0.1) is 0 Å². The fourth-order valence-electron chi connectivity index (χ4n) is 2.40. The molecule has 1 N–H and O–H groups in total. The van der Waals surface area contributed by atoms with Crippen molar-refractivity contribution in [2.75, 3.05) is 25.1 Å². The third-order valence-electron chi connectivity index (χ3n) is 3.33. The number of carbonyl (C=O) groups is 1. The zero-order valence-electron chi connectivity index (χ0n) is 11.9. The highest BCUT2D eigenvalue weighted by Crippen LogP contribution is 2.33. The average molecular weight is 283 g/mol. The lowest BCUT2D eigenvalue weighted by atomic mass is 10.0. The van der Waals surface area contributed by atoms with Gasteiger partial charge in [0.15, 0.2) is 11.5 Å². The number of ether oxygens (including phenoxy) is 2. The van der Waals surface area contributed by atoms with Crippen molar-refractivity contribution in [1.82, 2.24) is 0 Å². The number of hydrogen-bond donors (Lipinski definition) is 1. The summed E-state index contributed by atoms with van der Waals surface area (Å²) in [6.07, 6.45) is 0. The molecule has 0 radical (unpaired) electrons. The number of carbonyl (C=O) groups excluding carboxylic acids is 1. The van der Waals surface area contributed by atoms with Crippen LogP contribution < -0.4 is 14.8 Å². The van der Waals surface area contributed by atoms with Crippen LogP contribution >= 0.6 is 0 Å². The first kappa shape index (κ1) is 13.5. The molecular weight excluding hydrogens is 266 g/mol. The number of hydrogen-bond acceptors (Lipinski definition) is 4. The molecule has 1 aliphatic heterocycles. The molecule has 1 heterocycles. The smallest absolute Gasteiger partial charge is 0.196 e. The van der Waals surface area contributed by atoms with Gasteiger partial charge in [0, 0.05) is 12.1 Å². The van der Waals surface area contributed by atoms with E-state index in [1.807, 2.05) is 31.2 Å². The Morgan fingerprint density at radius 2 is 2.14 bits per heavy atom. The van der Waals surface area contributed by atoms with Gasteiger partial charge in [-0.05, 0) is 31.2 Å². The van der Waals surface area contributed by atoms with Gasteiger partial charge < -0.3 is 14.8 Å². The highest BCUT2D eigenvalue weighted by atomic mass is 16.5. The largest absolute Gasteiger partial charge is 0.494 e. The van der Waals surface area contributed by atoms with Crippen LogP contribution in [0.4, 0.5) is 5.69 Å². The van der Waals surface area contributed by atoms with Crippen LogP contribution in [-0.4, -0.2) is 25.5 Å². The van der Waals surface area contributed by atoms with Gasteiger partial charge in [0.2, 0.25) is 0 Å². The van der Waals surface area contributed by atoms with Crippen molar-refractivity contribution in [3.63, 3.8) is 0 Å². The molecule has 0 fully saturated rings. The van der Waals surface area contributed by atoms with Crippen LogP contribution in [0.15, 0.2) is 42.5 Å². The number of anilines is 1. The van der Waals surface area contributed by atoms with E-state index < -0.39 is 0 Å². The summed E-state index contributed by atoms with van der Waals surface area (Å²) in [6.45, 7) is 3.81. The Kier molecular flexibility index (Phi) is 3.77. The topological polar surface area (TPSA) is 47.6 Å². The van der Waals surface area contributed by atoms with Crippen LogP contribution in [0.5, 0.6) is 11.5 Å². The second-order valence-corrected chi connectivity index (χ2v) is 4.75. The highest BCUT2D eigenvalue weighted by Gasteiger charge is 2.20. The molecular formula is C17H17NO3. The lowest BCUT2D eigenvalue weighted by Gasteiger charge is -2.21. The zero-order valence-corrected chi connectivity index (χ0v) is 11.9. The maximum Gasteiger partial charge on any atom is 0.196 e. The summed E-state index contributed by atoms with van der Waals surface area (Å²) in [4.78, 5) is 12.7. The molecule has 2 aromatic rings. The lowest BCUT2D eigenvalue weighted by Crippen LogP contribution is -2.20. The SMILES string of the molecule is CCOc1cccc(C(=O)c2cccc3c2OCCN3)c1. The Morgan fingerprint density at radius 1 is 1.29 bits per heavy atom. The van der Waals surface area contributed by atoms with E-state index in [0.29, 0.717) is 35.8 Å². The molecule has 3 rings (SSSR count). The average Bonchev–Trinajstić information content (AvgIpc) is 2.54. The Morgan fingerprint density at radius 3 is 3.00 bits per heavy atom. The fourth-order valence-corrected chi connectivity index (χ4v) is 2.40. The third kappa shape index (κ3) is 2.70. The third-order valence-corrected chi connectivity index (χ3v) is 3.33. The Bertz CT molecular complexity index is 667. The molecule has 108 valence electrons. The van der Waals surface area contributed by atoms with Crippen LogP contribution in [0.2, 0.25) is 0 Å². The van der Waals surface area contributed by atoms with Gasteiger partial charge in [0.25, 0.3) is 0 Å². The summed E-state index contributed by atoms with van der Waals surface area (Å²) in [5.74, 6) is 1.28. The molecule has 4 nitrogen and oxygen atoms in total. The second kappa shape index (κ2) is 5.87. The van der Waals surface area contributed by atoms with Crippen LogP contribution in [0.3, 0.4) is 0 Å². The molecule has 0 unspecified atom stereocenters. The lowest BCUT2D eigenvalue weighted by molar-refractivity contribution is 0.103. The summed E-state index contributed by atoms with van der Waals surface area (Å²) in [7, 11) is 0. The second-order valence-electron chi connectivity index (χ2n) is 4.75. The minimum Gasteiger partial charge on any atom is -0.494 e. The maximum atomic E-state index is 12.7. The highest BCUT2D eigenvalue weighted by molar-refractivity contribution is 6.11. The zero-order chi connectivity index (χ0) is 14.7. The quantitative estimate of drug-likeness (QED) is 0.876. The standard InChI is InChI=1S/C17H17NO3/c1-2-20-13-6-3-5-12(11-13)16(19)14-7-4-8-15-17(14)21-10-9-18-15/h3-8,11,18H,2,9-10H2,1H3. The van der Waals surface area contributed by atoms with E-state index in [-0.39, 0.29) is 5.78 Å². The van der Waals surface area contributed by atoms with E-state index in [1.165, 1.54) is 0 Å². The van der Waals surface area contributed by atoms with Gasteiger partial charge >= 0.3 is 0 Å². The van der Waals surface area contributed by atoms with Crippen molar-refractivity contribution in [2.45, 2.75) is 6.92 Å². The van der Waals surface area contributed by atoms with E-state index in [0.717, 1.165) is 12.2 Å². The van der Waals surface area contributed by atoms with Crippen molar-refractivity contribution in [3.05, 3.63) is 53.6 Å².